The Kier molecular flexibility index (Phi) is 3.64. The number of carbonyl (C=O) groups is 1. The topological polar surface area (TPSA) is 17.1 Å². The van der Waals surface area contributed by atoms with Crippen molar-refractivity contribution >= 4 is 28.4 Å². The molecule has 0 saturated heterocycles. The first-order valence-corrected chi connectivity index (χ1v) is 5.60. The number of carbonyl (C=O) groups excluding carboxylic acids is 1. The molecular formula is C10H16Cl2O. The molecule has 0 bridgehead atoms. The summed E-state index contributed by atoms with van der Waals surface area (Å²) in [5.41, 5.74) is 0. The van der Waals surface area contributed by atoms with E-state index in [0.29, 0.717) is 11.8 Å². The van der Waals surface area contributed by atoms with Gasteiger partial charge in [0.1, 0.15) is 4.87 Å². The highest BCUT2D eigenvalue weighted by Crippen LogP contribution is 2.41. The van der Waals surface area contributed by atoms with Crippen LogP contribution >= 0.6 is 23.2 Å². The highest BCUT2D eigenvalue weighted by Gasteiger charge is 2.40. The van der Waals surface area contributed by atoms with Gasteiger partial charge in [0.25, 0.3) is 0 Å². The Labute approximate surface area is 89.8 Å². The molecule has 0 aromatic heterocycles. The predicted molar refractivity (Wildman–Crippen MR) is 56.2 cm³/mol. The Balaban J connectivity index is 2.65. The van der Waals surface area contributed by atoms with Crippen LogP contribution in [0, 0.1) is 11.8 Å². The molecule has 76 valence electrons. The van der Waals surface area contributed by atoms with Crippen molar-refractivity contribution in [2.45, 2.75) is 44.4 Å². The second-order valence-corrected chi connectivity index (χ2v) is 5.41. The molecule has 0 radical (unpaired) electrons. The van der Waals surface area contributed by atoms with Crippen molar-refractivity contribution in [1.29, 1.82) is 0 Å². The van der Waals surface area contributed by atoms with Crippen LogP contribution < -0.4 is 0 Å². The van der Waals surface area contributed by atoms with Gasteiger partial charge < -0.3 is 0 Å². The molecule has 0 amide bonds. The molecule has 0 heterocycles. The van der Waals surface area contributed by atoms with Crippen LogP contribution in [0.4, 0.5) is 0 Å². The number of hydrogen-bond acceptors (Lipinski definition) is 1. The van der Waals surface area contributed by atoms with Gasteiger partial charge in [-0.3, -0.25) is 4.79 Å². The third-order valence-electron chi connectivity index (χ3n) is 3.03. The first-order chi connectivity index (χ1) is 5.96. The van der Waals surface area contributed by atoms with Gasteiger partial charge in [-0.2, -0.15) is 0 Å². The molecule has 3 heteroatoms. The molecule has 0 aliphatic heterocycles. The van der Waals surface area contributed by atoms with E-state index in [0.717, 1.165) is 19.3 Å². The lowest BCUT2D eigenvalue weighted by Gasteiger charge is -2.35. The van der Waals surface area contributed by atoms with Gasteiger partial charge in [0.2, 0.25) is 5.24 Å². The maximum atomic E-state index is 11.1. The van der Waals surface area contributed by atoms with Gasteiger partial charge in [0.05, 0.1) is 0 Å². The standard InChI is InChI=1S/C10H16Cl2O/c1-7(2)8-4-3-5-10(12,6-8)9(11)13/h7-8H,3-6H2,1-2H3. The second kappa shape index (κ2) is 4.18. The molecule has 2 atom stereocenters. The van der Waals surface area contributed by atoms with Gasteiger partial charge in [-0.1, -0.05) is 26.7 Å². The molecule has 0 spiro atoms. The summed E-state index contributed by atoms with van der Waals surface area (Å²) in [6, 6.07) is 0. The summed E-state index contributed by atoms with van der Waals surface area (Å²) in [5.74, 6) is 1.14. The molecule has 13 heavy (non-hydrogen) atoms. The zero-order chi connectivity index (χ0) is 10.1. The number of rotatable bonds is 2. The van der Waals surface area contributed by atoms with Crippen LogP contribution in [0.15, 0.2) is 0 Å². The predicted octanol–water partition coefficient (Wildman–Crippen LogP) is 3.58. The van der Waals surface area contributed by atoms with Crippen molar-refractivity contribution in [1.82, 2.24) is 0 Å². The summed E-state index contributed by atoms with van der Waals surface area (Å²) in [5, 5.41) is -0.375. The second-order valence-electron chi connectivity index (χ2n) is 4.34. The molecule has 1 rings (SSSR count). The molecule has 1 saturated carbocycles. The number of hydrogen-bond donors (Lipinski definition) is 0. The SMILES string of the molecule is CC(C)C1CCCC(Cl)(C(=O)Cl)C1. The highest BCUT2D eigenvalue weighted by molar-refractivity contribution is 6.70. The lowest BCUT2D eigenvalue weighted by atomic mass is 9.76. The van der Waals surface area contributed by atoms with Crippen molar-refractivity contribution in [2.75, 3.05) is 0 Å². The average Bonchev–Trinajstić information content (AvgIpc) is 2.04. The number of alkyl halides is 1. The summed E-state index contributed by atoms with van der Waals surface area (Å²) in [6.45, 7) is 4.35. The van der Waals surface area contributed by atoms with E-state index in [9.17, 15) is 4.79 Å². The van der Waals surface area contributed by atoms with E-state index in [1.54, 1.807) is 0 Å². The third-order valence-corrected chi connectivity index (χ3v) is 4.00. The van der Waals surface area contributed by atoms with Crippen LogP contribution in [0.25, 0.3) is 0 Å². The van der Waals surface area contributed by atoms with Gasteiger partial charge in [0.15, 0.2) is 0 Å². The minimum atomic E-state index is -0.769. The summed E-state index contributed by atoms with van der Waals surface area (Å²) >= 11 is 11.7. The van der Waals surface area contributed by atoms with Crippen molar-refractivity contribution in [3.05, 3.63) is 0 Å². The molecule has 1 fully saturated rings. The van der Waals surface area contributed by atoms with Gasteiger partial charge >= 0.3 is 0 Å². The fourth-order valence-electron chi connectivity index (χ4n) is 2.01. The van der Waals surface area contributed by atoms with Crippen LogP contribution in [-0.4, -0.2) is 10.1 Å². The fourth-order valence-corrected chi connectivity index (χ4v) is 2.52. The van der Waals surface area contributed by atoms with Crippen LogP contribution in [0.2, 0.25) is 0 Å². The molecule has 0 N–H and O–H groups in total. The Morgan fingerprint density at radius 2 is 2.15 bits per heavy atom. The van der Waals surface area contributed by atoms with E-state index in [2.05, 4.69) is 13.8 Å². The van der Waals surface area contributed by atoms with Crippen LogP contribution in [0.3, 0.4) is 0 Å². The minimum Gasteiger partial charge on any atom is -0.279 e. The normalized spacial score (nSPS) is 35.0. The third kappa shape index (κ3) is 2.60. The van der Waals surface area contributed by atoms with E-state index in [1.807, 2.05) is 0 Å². The molecular weight excluding hydrogens is 207 g/mol. The van der Waals surface area contributed by atoms with Crippen LogP contribution in [-0.2, 0) is 4.79 Å². The molecule has 0 aromatic carbocycles. The van der Waals surface area contributed by atoms with Gasteiger partial charge in [0, 0.05) is 0 Å². The maximum absolute atomic E-state index is 11.1. The van der Waals surface area contributed by atoms with E-state index < -0.39 is 4.87 Å². The van der Waals surface area contributed by atoms with Gasteiger partial charge in [-0.25, -0.2) is 0 Å². The van der Waals surface area contributed by atoms with Crippen molar-refractivity contribution in [2.24, 2.45) is 11.8 Å². The summed E-state index contributed by atoms with van der Waals surface area (Å²) in [7, 11) is 0. The summed E-state index contributed by atoms with van der Waals surface area (Å²) in [6.07, 6.45) is 3.68. The molecule has 1 aliphatic rings. The van der Waals surface area contributed by atoms with Gasteiger partial charge in [-0.15, -0.1) is 11.6 Å². The monoisotopic (exact) mass is 222 g/mol. The van der Waals surface area contributed by atoms with E-state index in [4.69, 9.17) is 23.2 Å². The zero-order valence-electron chi connectivity index (χ0n) is 8.15. The Morgan fingerprint density at radius 1 is 1.54 bits per heavy atom. The molecule has 2 unspecified atom stereocenters. The zero-order valence-corrected chi connectivity index (χ0v) is 9.66. The Bertz CT molecular complexity index is 203. The Hall–Kier alpha value is 0.250. The van der Waals surface area contributed by atoms with Gasteiger partial charge in [-0.05, 0) is 36.3 Å². The van der Waals surface area contributed by atoms with Crippen molar-refractivity contribution in [3.8, 4) is 0 Å². The molecule has 1 nitrogen and oxygen atoms in total. The summed E-state index contributed by atoms with van der Waals surface area (Å²) in [4.78, 5) is 10.4. The van der Waals surface area contributed by atoms with Crippen molar-refractivity contribution in [3.63, 3.8) is 0 Å². The average molecular weight is 223 g/mol. The quantitative estimate of drug-likeness (QED) is 0.516. The Morgan fingerprint density at radius 3 is 2.62 bits per heavy atom. The number of halogens is 2. The first-order valence-electron chi connectivity index (χ1n) is 4.84. The maximum Gasteiger partial charge on any atom is 0.242 e. The van der Waals surface area contributed by atoms with Crippen LogP contribution in [0.1, 0.15) is 39.5 Å². The first kappa shape index (κ1) is 11.3. The van der Waals surface area contributed by atoms with E-state index in [1.165, 1.54) is 6.42 Å². The van der Waals surface area contributed by atoms with E-state index >= 15 is 0 Å². The lowest BCUT2D eigenvalue weighted by molar-refractivity contribution is -0.115. The lowest BCUT2D eigenvalue weighted by Crippen LogP contribution is -2.36. The highest BCUT2D eigenvalue weighted by atomic mass is 35.5. The minimum absolute atomic E-state index is 0.375. The molecule has 1 aliphatic carbocycles. The fraction of sp³-hybridized carbons (Fsp3) is 0.900. The smallest absolute Gasteiger partial charge is 0.242 e. The largest absolute Gasteiger partial charge is 0.279 e. The summed E-state index contributed by atoms with van der Waals surface area (Å²) < 4.78 is 0. The molecule has 0 aromatic rings. The van der Waals surface area contributed by atoms with E-state index in [-0.39, 0.29) is 5.24 Å². The van der Waals surface area contributed by atoms with Crippen molar-refractivity contribution < 1.29 is 4.79 Å². The van der Waals surface area contributed by atoms with Crippen LogP contribution in [0.5, 0.6) is 0 Å².